The third-order valence-electron chi connectivity index (χ3n) is 3.11. The highest BCUT2D eigenvalue weighted by Crippen LogP contribution is 2.23. The van der Waals surface area contributed by atoms with E-state index in [1.165, 1.54) is 0 Å². The van der Waals surface area contributed by atoms with Gasteiger partial charge in [0.15, 0.2) is 6.61 Å². The van der Waals surface area contributed by atoms with Crippen molar-refractivity contribution in [1.29, 1.82) is 0 Å². The largest absolute Gasteiger partial charge is 0.484 e. The van der Waals surface area contributed by atoms with E-state index in [9.17, 15) is 4.79 Å². The van der Waals surface area contributed by atoms with Crippen LogP contribution in [0.4, 0.5) is 11.4 Å². The van der Waals surface area contributed by atoms with Gasteiger partial charge in [-0.3, -0.25) is 4.79 Å². The summed E-state index contributed by atoms with van der Waals surface area (Å²) in [6, 6.07) is 10.6. The predicted molar refractivity (Wildman–Crippen MR) is 85.9 cm³/mol. The summed E-state index contributed by atoms with van der Waals surface area (Å²) < 4.78 is 5.38. The lowest BCUT2D eigenvalue weighted by atomic mass is 10.1. The first-order valence-corrected chi connectivity index (χ1v) is 6.88. The zero-order valence-corrected chi connectivity index (χ0v) is 12.7. The Kier molecular flexibility index (Phi) is 4.70. The van der Waals surface area contributed by atoms with Gasteiger partial charge in [-0.05, 0) is 55.3 Å². The van der Waals surface area contributed by atoms with Crippen molar-refractivity contribution in [2.45, 2.75) is 13.8 Å². The number of hydrogen-bond acceptors (Lipinski definition) is 3. The zero-order chi connectivity index (χ0) is 15.4. The molecule has 3 N–H and O–H groups in total. The topological polar surface area (TPSA) is 64.3 Å². The molecule has 0 heterocycles. The van der Waals surface area contributed by atoms with E-state index >= 15 is 0 Å². The van der Waals surface area contributed by atoms with Crippen LogP contribution in [-0.2, 0) is 4.79 Å². The van der Waals surface area contributed by atoms with E-state index < -0.39 is 0 Å². The maximum absolute atomic E-state index is 11.9. The van der Waals surface area contributed by atoms with Crippen LogP contribution in [0, 0.1) is 13.8 Å². The monoisotopic (exact) mass is 304 g/mol. The maximum Gasteiger partial charge on any atom is 0.262 e. The second kappa shape index (κ2) is 6.50. The summed E-state index contributed by atoms with van der Waals surface area (Å²) in [5.74, 6) is 0.274. The highest BCUT2D eigenvalue weighted by Gasteiger charge is 2.08. The molecule has 5 heteroatoms. The minimum atomic E-state index is -0.273. The summed E-state index contributed by atoms with van der Waals surface area (Å²) in [4.78, 5) is 11.9. The Bertz CT molecular complexity index is 671. The molecule has 0 aliphatic carbocycles. The molecule has 0 saturated heterocycles. The Morgan fingerprint density at radius 1 is 1.24 bits per heavy atom. The van der Waals surface area contributed by atoms with Gasteiger partial charge in [-0.2, -0.15) is 0 Å². The Morgan fingerprint density at radius 3 is 2.67 bits per heavy atom. The molecule has 2 aromatic rings. The smallest absolute Gasteiger partial charge is 0.262 e. The number of nitrogens with one attached hydrogen (secondary N) is 1. The molecule has 0 unspecified atom stereocenters. The average Bonchev–Trinajstić information content (AvgIpc) is 2.43. The molecular formula is C16H17ClN2O2. The lowest BCUT2D eigenvalue weighted by molar-refractivity contribution is -0.118. The molecule has 110 valence electrons. The molecular weight excluding hydrogens is 288 g/mol. The molecule has 21 heavy (non-hydrogen) atoms. The summed E-state index contributed by atoms with van der Waals surface area (Å²) in [6.07, 6.45) is 0. The number of ether oxygens (including phenoxy) is 1. The average molecular weight is 305 g/mol. The van der Waals surface area contributed by atoms with Crippen molar-refractivity contribution < 1.29 is 9.53 Å². The summed E-state index contributed by atoms with van der Waals surface area (Å²) >= 11 is 5.85. The molecule has 0 aromatic heterocycles. The van der Waals surface area contributed by atoms with Crippen LogP contribution in [0.25, 0.3) is 0 Å². The third-order valence-corrected chi connectivity index (χ3v) is 3.34. The number of hydrogen-bond donors (Lipinski definition) is 2. The number of nitrogens with two attached hydrogens (primary N) is 1. The van der Waals surface area contributed by atoms with Gasteiger partial charge in [0.1, 0.15) is 5.75 Å². The number of aryl methyl sites for hydroxylation is 2. The predicted octanol–water partition coefficient (Wildman–Crippen LogP) is 3.56. The van der Waals surface area contributed by atoms with Crippen molar-refractivity contribution in [3.05, 3.63) is 52.5 Å². The molecule has 0 aliphatic rings. The minimum Gasteiger partial charge on any atom is -0.484 e. The normalized spacial score (nSPS) is 10.2. The van der Waals surface area contributed by atoms with Crippen LogP contribution in [0.3, 0.4) is 0 Å². The van der Waals surface area contributed by atoms with Crippen molar-refractivity contribution >= 4 is 28.9 Å². The summed E-state index contributed by atoms with van der Waals surface area (Å²) in [5, 5.41) is 3.30. The summed E-state index contributed by atoms with van der Waals surface area (Å²) in [7, 11) is 0. The molecule has 4 nitrogen and oxygen atoms in total. The first kappa shape index (κ1) is 15.2. The number of halogens is 1. The minimum absolute atomic E-state index is 0.104. The lowest BCUT2D eigenvalue weighted by Crippen LogP contribution is -2.21. The molecule has 0 fully saturated rings. The van der Waals surface area contributed by atoms with Crippen LogP contribution >= 0.6 is 11.6 Å². The fourth-order valence-corrected chi connectivity index (χ4v) is 2.02. The van der Waals surface area contributed by atoms with Crippen molar-refractivity contribution in [1.82, 2.24) is 0 Å². The number of rotatable bonds is 4. The number of anilines is 2. The second-order valence-corrected chi connectivity index (χ2v) is 5.25. The lowest BCUT2D eigenvalue weighted by Gasteiger charge is -2.12. The van der Waals surface area contributed by atoms with Gasteiger partial charge in [-0.15, -0.1) is 0 Å². The molecule has 0 bridgehead atoms. The molecule has 0 aliphatic heterocycles. The van der Waals surface area contributed by atoms with E-state index in [1.54, 1.807) is 24.3 Å². The Balaban J connectivity index is 1.97. The summed E-state index contributed by atoms with van der Waals surface area (Å²) in [6.45, 7) is 3.83. The van der Waals surface area contributed by atoms with Gasteiger partial charge < -0.3 is 15.8 Å². The number of carbonyl (C=O) groups is 1. The van der Waals surface area contributed by atoms with E-state index in [4.69, 9.17) is 22.1 Å². The fourth-order valence-electron chi connectivity index (χ4n) is 1.84. The van der Waals surface area contributed by atoms with E-state index in [2.05, 4.69) is 5.32 Å². The Labute approximate surface area is 128 Å². The Morgan fingerprint density at radius 2 is 1.95 bits per heavy atom. The van der Waals surface area contributed by atoms with Crippen molar-refractivity contribution in [2.24, 2.45) is 0 Å². The van der Waals surface area contributed by atoms with Crippen molar-refractivity contribution in [2.75, 3.05) is 17.7 Å². The number of benzene rings is 2. The number of nitrogen functional groups attached to an aromatic ring is 1. The standard InChI is InChI=1S/C16H17ClN2O2/c1-10-6-14(18)15(7-11(10)2)19-16(20)9-21-13-5-3-4-12(17)8-13/h3-8H,9,18H2,1-2H3,(H,19,20). The number of carbonyl (C=O) groups excluding carboxylic acids is 1. The van der Waals surface area contributed by atoms with Gasteiger partial charge in [-0.25, -0.2) is 0 Å². The molecule has 2 aromatic carbocycles. The van der Waals surface area contributed by atoms with Gasteiger partial charge in [0.05, 0.1) is 11.4 Å². The fraction of sp³-hybridized carbons (Fsp3) is 0.188. The molecule has 0 atom stereocenters. The van der Waals surface area contributed by atoms with E-state index in [-0.39, 0.29) is 12.5 Å². The van der Waals surface area contributed by atoms with Gasteiger partial charge in [0.2, 0.25) is 0 Å². The summed E-state index contributed by atoms with van der Waals surface area (Å²) in [5.41, 5.74) is 9.17. The quantitative estimate of drug-likeness (QED) is 0.849. The molecule has 0 radical (unpaired) electrons. The maximum atomic E-state index is 11.9. The third kappa shape index (κ3) is 4.13. The van der Waals surface area contributed by atoms with Crippen LogP contribution in [0.15, 0.2) is 36.4 Å². The van der Waals surface area contributed by atoms with E-state index in [1.807, 2.05) is 26.0 Å². The van der Waals surface area contributed by atoms with Gasteiger partial charge in [-0.1, -0.05) is 17.7 Å². The molecule has 0 spiro atoms. The highest BCUT2D eigenvalue weighted by atomic mass is 35.5. The number of amides is 1. The van der Waals surface area contributed by atoms with Gasteiger partial charge >= 0.3 is 0 Å². The van der Waals surface area contributed by atoms with E-state index in [0.29, 0.717) is 22.1 Å². The van der Waals surface area contributed by atoms with Crippen LogP contribution in [0.2, 0.25) is 5.02 Å². The molecule has 2 rings (SSSR count). The second-order valence-electron chi connectivity index (χ2n) is 4.82. The van der Waals surface area contributed by atoms with Crippen molar-refractivity contribution in [3.8, 4) is 5.75 Å². The highest BCUT2D eigenvalue weighted by molar-refractivity contribution is 6.30. The van der Waals surface area contributed by atoms with Crippen LogP contribution in [0.1, 0.15) is 11.1 Å². The first-order valence-electron chi connectivity index (χ1n) is 6.50. The Hall–Kier alpha value is -2.20. The van der Waals surface area contributed by atoms with Gasteiger partial charge in [0, 0.05) is 5.02 Å². The first-order chi connectivity index (χ1) is 9.95. The van der Waals surface area contributed by atoms with Gasteiger partial charge in [0.25, 0.3) is 5.91 Å². The molecule has 1 amide bonds. The van der Waals surface area contributed by atoms with Crippen LogP contribution in [0.5, 0.6) is 5.75 Å². The molecule has 0 saturated carbocycles. The van der Waals surface area contributed by atoms with Crippen LogP contribution in [-0.4, -0.2) is 12.5 Å². The van der Waals surface area contributed by atoms with Crippen LogP contribution < -0.4 is 15.8 Å². The van der Waals surface area contributed by atoms with Crippen molar-refractivity contribution in [3.63, 3.8) is 0 Å². The SMILES string of the molecule is Cc1cc(N)c(NC(=O)COc2cccc(Cl)c2)cc1C. The zero-order valence-electron chi connectivity index (χ0n) is 11.9. The van der Waals surface area contributed by atoms with E-state index in [0.717, 1.165) is 11.1 Å².